The molecule has 1 atom stereocenters. The average Bonchev–Trinajstić information content (AvgIpc) is 2.74. The highest BCUT2D eigenvalue weighted by Crippen LogP contribution is 2.27. The van der Waals surface area contributed by atoms with Crippen LogP contribution in [0.3, 0.4) is 0 Å². The molecule has 2 aromatic rings. The summed E-state index contributed by atoms with van der Waals surface area (Å²) in [6.07, 6.45) is -0.793. The quantitative estimate of drug-likeness (QED) is 0.535. The molecule has 0 spiro atoms. The molecule has 2 aromatic carbocycles. The number of phenols is 1. The highest BCUT2D eigenvalue weighted by Gasteiger charge is 2.32. The molecular formula is C25H30N4O5. The van der Waals surface area contributed by atoms with E-state index in [0.29, 0.717) is 11.3 Å². The molecule has 3 amide bonds. The summed E-state index contributed by atoms with van der Waals surface area (Å²) in [6.45, 7) is 7.89. The molecule has 0 heterocycles. The van der Waals surface area contributed by atoms with E-state index in [4.69, 9.17) is 4.74 Å². The molecule has 2 rings (SSSR count). The van der Waals surface area contributed by atoms with Crippen molar-refractivity contribution < 1.29 is 24.2 Å². The minimum Gasteiger partial charge on any atom is -0.508 e. The van der Waals surface area contributed by atoms with Gasteiger partial charge in [-0.05, 0) is 63.4 Å². The summed E-state index contributed by atoms with van der Waals surface area (Å²) in [5.41, 5.74) is 1.92. The Balaban J connectivity index is 2.37. The molecule has 0 fully saturated rings. The molecule has 0 aromatic heterocycles. The van der Waals surface area contributed by atoms with Gasteiger partial charge < -0.3 is 25.4 Å². The van der Waals surface area contributed by atoms with Crippen LogP contribution in [-0.2, 0) is 14.3 Å². The van der Waals surface area contributed by atoms with E-state index in [2.05, 4.69) is 10.6 Å². The fraction of sp³-hybridized carbons (Fsp3) is 0.360. The van der Waals surface area contributed by atoms with Crippen LogP contribution in [0.4, 0.5) is 10.5 Å². The summed E-state index contributed by atoms with van der Waals surface area (Å²) in [4.78, 5) is 39.6. The number of aromatic hydroxyl groups is 1. The number of carbonyl (C=O) groups excluding carboxylic acids is 3. The van der Waals surface area contributed by atoms with Gasteiger partial charge in [-0.1, -0.05) is 30.3 Å². The smallest absolute Gasteiger partial charge is 0.408 e. The van der Waals surface area contributed by atoms with E-state index in [1.807, 2.05) is 38.1 Å². The lowest BCUT2D eigenvalue weighted by molar-refractivity contribution is -0.137. The molecule has 34 heavy (non-hydrogen) atoms. The van der Waals surface area contributed by atoms with Crippen LogP contribution in [-0.4, -0.2) is 46.6 Å². The minimum absolute atomic E-state index is 0.0117. The van der Waals surface area contributed by atoms with Crippen molar-refractivity contribution in [1.29, 1.82) is 5.26 Å². The first-order valence-corrected chi connectivity index (χ1v) is 10.7. The van der Waals surface area contributed by atoms with Crippen LogP contribution in [0.5, 0.6) is 5.75 Å². The van der Waals surface area contributed by atoms with Gasteiger partial charge in [0.2, 0.25) is 5.91 Å². The number of alkyl carbamates (subject to hydrolysis) is 1. The third kappa shape index (κ3) is 7.24. The van der Waals surface area contributed by atoms with Gasteiger partial charge in [0.25, 0.3) is 5.91 Å². The van der Waals surface area contributed by atoms with E-state index in [-0.39, 0.29) is 5.75 Å². The van der Waals surface area contributed by atoms with Crippen LogP contribution in [0.1, 0.15) is 43.5 Å². The zero-order valence-corrected chi connectivity index (χ0v) is 20.0. The van der Waals surface area contributed by atoms with E-state index < -0.39 is 42.6 Å². The number of hydrogen-bond acceptors (Lipinski definition) is 6. The largest absolute Gasteiger partial charge is 0.508 e. The summed E-state index contributed by atoms with van der Waals surface area (Å²) in [5.74, 6) is -1.20. The highest BCUT2D eigenvalue weighted by molar-refractivity contribution is 5.99. The molecule has 0 radical (unpaired) electrons. The maximum absolute atomic E-state index is 13.5. The number of nitrogens with one attached hydrogen (secondary N) is 2. The summed E-state index contributed by atoms with van der Waals surface area (Å²) >= 11 is 0. The topological polar surface area (TPSA) is 132 Å². The Kier molecular flexibility index (Phi) is 8.62. The SMILES string of the molecule is Cc1cccc(C)c1NC(=O)C(c1ccc(O)cc1)N(CC#N)C(=O)CNC(=O)OC(C)(C)C. The number of hydrogen-bond donors (Lipinski definition) is 3. The number of aryl methyl sites for hydroxylation is 2. The first-order valence-electron chi connectivity index (χ1n) is 10.7. The standard InChI is InChI=1S/C25H30N4O5/c1-16-7-6-8-17(2)21(16)28-23(32)22(18-9-11-19(30)12-10-18)29(14-13-26)20(31)15-27-24(33)34-25(3,4)5/h6-12,22,30H,14-15H2,1-5H3,(H,27,33)(H,28,32). The van der Waals surface area contributed by atoms with Gasteiger partial charge in [-0.25, -0.2) is 4.79 Å². The third-order valence-electron chi connectivity index (χ3n) is 4.84. The number of benzene rings is 2. The normalized spacial score (nSPS) is 11.6. The Morgan fingerprint density at radius 3 is 2.21 bits per heavy atom. The molecule has 1 unspecified atom stereocenters. The van der Waals surface area contributed by atoms with Crippen LogP contribution in [0.25, 0.3) is 0 Å². The second kappa shape index (κ2) is 11.2. The number of rotatable bonds is 7. The van der Waals surface area contributed by atoms with E-state index in [1.165, 1.54) is 24.3 Å². The van der Waals surface area contributed by atoms with Gasteiger partial charge in [0.05, 0.1) is 6.07 Å². The predicted molar refractivity (Wildman–Crippen MR) is 127 cm³/mol. The fourth-order valence-corrected chi connectivity index (χ4v) is 3.30. The number of nitrogens with zero attached hydrogens (tertiary/aromatic N) is 2. The molecule has 3 N–H and O–H groups in total. The van der Waals surface area contributed by atoms with Gasteiger partial charge in [-0.15, -0.1) is 0 Å². The molecule has 0 saturated carbocycles. The van der Waals surface area contributed by atoms with Crippen LogP contribution in [0.15, 0.2) is 42.5 Å². The first-order chi connectivity index (χ1) is 15.9. The van der Waals surface area contributed by atoms with Gasteiger partial charge in [-0.3, -0.25) is 9.59 Å². The summed E-state index contributed by atoms with van der Waals surface area (Å²) in [6, 6.07) is 12.1. The van der Waals surface area contributed by atoms with Crippen molar-refractivity contribution in [3.63, 3.8) is 0 Å². The van der Waals surface area contributed by atoms with E-state index in [1.54, 1.807) is 20.8 Å². The molecule has 0 aliphatic carbocycles. The van der Waals surface area contributed by atoms with Crippen molar-refractivity contribution in [3.05, 3.63) is 59.2 Å². The van der Waals surface area contributed by atoms with Gasteiger partial charge in [-0.2, -0.15) is 5.26 Å². The van der Waals surface area contributed by atoms with Gasteiger partial charge in [0.15, 0.2) is 0 Å². The van der Waals surface area contributed by atoms with Gasteiger partial charge in [0.1, 0.15) is 30.5 Å². The number of para-hydroxylation sites is 1. The van der Waals surface area contributed by atoms with Crippen molar-refractivity contribution in [3.8, 4) is 11.8 Å². The molecule has 0 aliphatic heterocycles. The van der Waals surface area contributed by atoms with E-state index in [9.17, 15) is 24.8 Å². The lowest BCUT2D eigenvalue weighted by Crippen LogP contribution is -2.46. The predicted octanol–water partition coefficient (Wildman–Crippen LogP) is 3.57. The fourth-order valence-electron chi connectivity index (χ4n) is 3.30. The molecule has 0 saturated heterocycles. The van der Waals surface area contributed by atoms with Crippen molar-refractivity contribution >= 4 is 23.6 Å². The zero-order chi connectivity index (χ0) is 25.5. The second-order valence-corrected chi connectivity index (χ2v) is 8.79. The monoisotopic (exact) mass is 466 g/mol. The number of nitriles is 1. The van der Waals surface area contributed by atoms with E-state index >= 15 is 0 Å². The van der Waals surface area contributed by atoms with Crippen molar-refractivity contribution in [2.75, 3.05) is 18.4 Å². The number of anilines is 1. The Morgan fingerprint density at radius 2 is 1.68 bits per heavy atom. The number of amides is 3. The Morgan fingerprint density at radius 1 is 1.09 bits per heavy atom. The lowest BCUT2D eigenvalue weighted by Gasteiger charge is -2.30. The minimum atomic E-state index is -1.19. The molecule has 180 valence electrons. The molecule has 9 nitrogen and oxygen atoms in total. The number of phenolic OH excluding ortho intramolecular Hbond substituents is 1. The Hall–Kier alpha value is -4.06. The van der Waals surface area contributed by atoms with Crippen LogP contribution in [0.2, 0.25) is 0 Å². The molecule has 9 heteroatoms. The number of carbonyl (C=O) groups is 3. The summed E-state index contributed by atoms with van der Waals surface area (Å²) in [5, 5.41) is 24.3. The van der Waals surface area contributed by atoms with E-state index in [0.717, 1.165) is 16.0 Å². The summed E-state index contributed by atoms with van der Waals surface area (Å²) in [7, 11) is 0. The van der Waals surface area contributed by atoms with Crippen LogP contribution >= 0.6 is 0 Å². The van der Waals surface area contributed by atoms with Crippen LogP contribution in [0, 0.1) is 25.2 Å². The molecule has 0 bridgehead atoms. The maximum atomic E-state index is 13.5. The Labute approximate surface area is 199 Å². The maximum Gasteiger partial charge on any atom is 0.408 e. The van der Waals surface area contributed by atoms with Crippen molar-refractivity contribution in [2.24, 2.45) is 0 Å². The first kappa shape index (κ1) is 26.2. The Bertz CT molecular complexity index is 1060. The zero-order valence-electron chi connectivity index (χ0n) is 20.0. The number of ether oxygens (including phenoxy) is 1. The summed E-state index contributed by atoms with van der Waals surface area (Å²) < 4.78 is 5.15. The van der Waals surface area contributed by atoms with Crippen molar-refractivity contribution in [1.82, 2.24) is 10.2 Å². The molecular weight excluding hydrogens is 436 g/mol. The average molecular weight is 467 g/mol. The molecule has 0 aliphatic rings. The third-order valence-corrected chi connectivity index (χ3v) is 4.84. The lowest BCUT2D eigenvalue weighted by atomic mass is 10.0. The van der Waals surface area contributed by atoms with Crippen molar-refractivity contribution in [2.45, 2.75) is 46.3 Å². The highest BCUT2D eigenvalue weighted by atomic mass is 16.6. The van der Waals surface area contributed by atoms with Gasteiger partial charge in [0, 0.05) is 5.69 Å². The van der Waals surface area contributed by atoms with Gasteiger partial charge >= 0.3 is 6.09 Å². The second-order valence-electron chi connectivity index (χ2n) is 8.79. The van der Waals surface area contributed by atoms with Crippen LogP contribution < -0.4 is 10.6 Å².